The summed E-state index contributed by atoms with van der Waals surface area (Å²) in [6.45, 7) is 2.29. The fourth-order valence-corrected chi connectivity index (χ4v) is 3.29. The van der Waals surface area contributed by atoms with Crippen molar-refractivity contribution >= 4 is 10.0 Å². The average molecular weight is 271 g/mol. The van der Waals surface area contributed by atoms with E-state index in [4.69, 9.17) is 5.11 Å². The molecular formula is C13H21NO3S. The highest BCUT2D eigenvalue weighted by atomic mass is 32.2. The molecule has 0 heterocycles. The summed E-state index contributed by atoms with van der Waals surface area (Å²) in [5.41, 5.74) is 0.936. The highest BCUT2D eigenvalue weighted by Crippen LogP contribution is 2.11. The maximum atomic E-state index is 12.1. The number of nitrogens with zero attached hydrogens (tertiary/aromatic N) is 1. The number of unbranched alkanes of at least 4 members (excludes halogenated alkanes) is 1. The monoisotopic (exact) mass is 271 g/mol. The van der Waals surface area contributed by atoms with E-state index in [1.165, 1.54) is 4.31 Å². The number of benzene rings is 1. The zero-order chi connectivity index (χ0) is 13.4. The van der Waals surface area contributed by atoms with Crippen LogP contribution in [0, 0.1) is 0 Å². The van der Waals surface area contributed by atoms with Crippen molar-refractivity contribution in [1.82, 2.24) is 4.31 Å². The van der Waals surface area contributed by atoms with Gasteiger partial charge in [-0.15, -0.1) is 0 Å². The molecule has 0 saturated heterocycles. The van der Waals surface area contributed by atoms with E-state index < -0.39 is 10.0 Å². The lowest BCUT2D eigenvalue weighted by Crippen LogP contribution is -2.34. The van der Waals surface area contributed by atoms with Crippen LogP contribution in [0.25, 0.3) is 0 Å². The molecule has 4 nitrogen and oxygen atoms in total. The van der Waals surface area contributed by atoms with Gasteiger partial charge in [0.05, 0.1) is 12.4 Å². The lowest BCUT2D eigenvalue weighted by atomic mass is 10.2. The number of aliphatic hydroxyl groups excluding tert-OH is 1. The van der Waals surface area contributed by atoms with E-state index in [0.717, 1.165) is 12.0 Å². The van der Waals surface area contributed by atoms with Gasteiger partial charge in [0.1, 0.15) is 0 Å². The molecule has 0 saturated carbocycles. The highest BCUT2D eigenvalue weighted by molar-refractivity contribution is 7.89. The lowest BCUT2D eigenvalue weighted by molar-refractivity contribution is 0.251. The van der Waals surface area contributed by atoms with Gasteiger partial charge in [-0.05, 0) is 12.0 Å². The Hall–Kier alpha value is -0.910. The van der Waals surface area contributed by atoms with Gasteiger partial charge in [-0.2, -0.15) is 4.31 Å². The van der Waals surface area contributed by atoms with E-state index in [1.54, 1.807) is 0 Å². The fourth-order valence-electron chi connectivity index (χ4n) is 1.67. The minimum absolute atomic E-state index is 0.149. The van der Waals surface area contributed by atoms with Crippen molar-refractivity contribution in [1.29, 1.82) is 0 Å². The molecule has 0 aliphatic carbocycles. The summed E-state index contributed by atoms with van der Waals surface area (Å²) in [6, 6.07) is 9.43. The van der Waals surface area contributed by atoms with Crippen LogP contribution in [0.5, 0.6) is 0 Å². The van der Waals surface area contributed by atoms with Gasteiger partial charge in [-0.1, -0.05) is 43.7 Å². The quantitative estimate of drug-likeness (QED) is 0.781. The molecule has 0 fully saturated rings. The van der Waals surface area contributed by atoms with E-state index in [9.17, 15) is 8.42 Å². The minimum Gasteiger partial charge on any atom is -0.395 e. The zero-order valence-corrected chi connectivity index (χ0v) is 11.6. The van der Waals surface area contributed by atoms with Crippen LogP contribution in [0.3, 0.4) is 0 Å². The Labute approximate surface area is 109 Å². The third-order valence-electron chi connectivity index (χ3n) is 2.70. The van der Waals surface area contributed by atoms with E-state index in [2.05, 4.69) is 0 Å². The molecular weight excluding hydrogens is 250 g/mol. The molecule has 0 aliphatic heterocycles. The molecule has 1 N–H and O–H groups in total. The van der Waals surface area contributed by atoms with Gasteiger partial charge in [0.15, 0.2) is 0 Å². The molecule has 102 valence electrons. The third-order valence-corrected chi connectivity index (χ3v) is 4.60. The predicted molar refractivity (Wildman–Crippen MR) is 72.6 cm³/mol. The second-order valence-corrected chi connectivity index (χ2v) is 6.30. The number of sulfonamides is 1. The molecule has 1 aromatic rings. The Balaban J connectivity index is 2.76. The van der Waals surface area contributed by atoms with Crippen molar-refractivity contribution in [2.45, 2.75) is 26.3 Å². The first-order valence-electron chi connectivity index (χ1n) is 6.22. The maximum Gasteiger partial charge on any atom is 0.214 e. The van der Waals surface area contributed by atoms with Crippen LogP contribution in [0.1, 0.15) is 25.3 Å². The Morgan fingerprint density at radius 2 is 1.89 bits per heavy atom. The molecule has 0 spiro atoms. The summed E-state index contributed by atoms with van der Waals surface area (Å²) in [5.74, 6) is 0.149. The van der Waals surface area contributed by atoms with Gasteiger partial charge < -0.3 is 5.11 Å². The number of hydrogen-bond donors (Lipinski definition) is 1. The minimum atomic E-state index is -3.27. The van der Waals surface area contributed by atoms with Gasteiger partial charge in [-0.25, -0.2) is 8.42 Å². The first kappa shape index (κ1) is 15.1. The molecule has 5 heteroatoms. The summed E-state index contributed by atoms with van der Waals surface area (Å²) in [4.78, 5) is 0. The number of hydrogen-bond acceptors (Lipinski definition) is 3. The Morgan fingerprint density at radius 1 is 1.22 bits per heavy atom. The molecule has 18 heavy (non-hydrogen) atoms. The van der Waals surface area contributed by atoms with Crippen LogP contribution < -0.4 is 0 Å². The standard InChI is InChI=1S/C13H21NO3S/c1-2-3-11-18(16,17)14(9-10-15)12-13-7-5-4-6-8-13/h4-8,15H,2-3,9-12H2,1H3. The van der Waals surface area contributed by atoms with Crippen molar-refractivity contribution in [3.05, 3.63) is 35.9 Å². The second kappa shape index (κ2) is 7.51. The molecule has 0 aliphatic rings. The van der Waals surface area contributed by atoms with Gasteiger partial charge in [0.25, 0.3) is 0 Å². The molecule has 0 amide bonds. The van der Waals surface area contributed by atoms with Crippen molar-refractivity contribution in [2.75, 3.05) is 18.9 Å². The summed E-state index contributed by atoms with van der Waals surface area (Å²) in [7, 11) is -3.27. The normalized spacial score (nSPS) is 11.9. The van der Waals surface area contributed by atoms with E-state index in [0.29, 0.717) is 13.0 Å². The average Bonchev–Trinajstić information content (AvgIpc) is 2.37. The summed E-state index contributed by atoms with van der Waals surface area (Å²) in [6.07, 6.45) is 1.50. The van der Waals surface area contributed by atoms with Gasteiger partial charge in [0, 0.05) is 13.1 Å². The fraction of sp³-hybridized carbons (Fsp3) is 0.538. The number of rotatable bonds is 8. The zero-order valence-electron chi connectivity index (χ0n) is 10.7. The Morgan fingerprint density at radius 3 is 2.44 bits per heavy atom. The number of aliphatic hydroxyl groups is 1. The molecule has 1 rings (SSSR count). The smallest absolute Gasteiger partial charge is 0.214 e. The van der Waals surface area contributed by atoms with Crippen molar-refractivity contribution in [2.24, 2.45) is 0 Å². The Kier molecular flexibility index (Phi) is 6.32. The van der Waals surface area contributed by atoms with Crippen LogP contribution in [-0.2, 0) is 16.6 Å². The van der Waals surface area contributed by atoms with Crippen molar-refractivity contribution in [3.63, 3.8) is 0 Å². The van der Waals surface area contributed by atoms with Gasteiger partial charge in [0.2, 0.25) is 10.0 Å². The molecule has 0 bridgehead atoms. The van der Waals surface area contributed by atoms with Crippen LogP contribution in [-0.4, -0.2) is 36.7 Å². The van der Waals surface area contributed by atoms with Crippen molar-refractivity contribution in [3.8, 4) is 0 Å². The molecule has 0 unspecified atom stereocenters. The first-order chi connectivity index (χ1) is 8.60. The molecule has 0 aromatic heterocycles. The summed E-state index contributed by atoms with van der Waals surface area (Å²) >= 11 is 0. The SMILES string of the molecule is CCCCS(=O)(=O)N(CCO)Cc1ccccc1. The third kappa shape index (κ3) is 4.76. The highest BCUT2D eigenvalue weighted by Gasteiger charge is 2.20. The van der Waals surface area contributed by atoms with Crippen LogP contribution >= 0.6 is 0 Å². The van der Waals surface area contributed by atoms with Gasteiger partial charge in [-0.3, -0.25) is 0 Å². The van der Waals surface area contributed by atoms with Crippen LogP contribution in [0.2, 0.25) is 0 Å². The van der Waals surface area contributed by atoms with Crippen molar-refractivity contribution < 1.29 is 13.5 Å². The lowest BCUT2D eigenvalue weighted by Gasteiger charge is -2.21. The van der Waals surface area contributed by atoms with Crippen LogP contribution in [0.15, 0.2) is 30.3 Å². The largest absolute Gasteiger partial charge is 0.395 e. The topological polar surface area (TPSA) is 57.6 Å². The first-order valence-corrected chi connectivity index (χ1v) is 7.83. The van der Waals surface area contributed by atoms with E-state index in [1.807, 2.05) is 37.3 Å². The second-order valence-electron chi connectivity index (χ2n) is 4.21. The van der Waals surface area contributed by atoms with E-state index in [-0.39, 0.29) is 18.9 Å². The van der Waals surface area contributed by atoms with E-state index >= 15 is 0 Å². The summed E-state index contributed by atoms with van der Waals surface area (Å²) in [5, 5.41) is 9.00. The predicted octanol–water partition coefficient (Wildman–Crippen LogP) is 1.61. The van der Waals surface area contributed by atoms with Gasteiger partial charge >= 0.3 is 0 Å². The van der Waals surface area contributed by atoms with Crippen LogP contribution in [0.4, 0.5) is 0 Å². The molecule has 0 radical (unpaired) electrons. The molecule has 1 aromatic carbocycles. The molecule has 0 atom stereocenters. The maximum absolute atomic E-state index is 12.1. The Bertz CT molecular complexity index is 431. The summed E-state index contributed by atoms with van der Waals surface area (Å²) < 4.78 is 25.6.